The SMILES string of the molecule is O=C(Nc1ccc(N2CCCCC2)c(Cl)c1)N1CCN(c2ccc(C(F)(F)F)cn2)CC1. The van der Waals surface area contributed by atoms with Crippen molar-refractivity contribution >= 4 is 34.8 Å². The number of carbonyl (C=O) groups excluding carboxylic acids is 1. The molecule has 2 aromatic rings. The monoisotopic (exact) mass is 467 g/mol. The highest BCUT2D eigenvalue weighted by Crippen LogP contribution is 2.31. The minimum Gasteiger partial charge on any atom is -0.370 e. The number of alkyl halides is 3. The number of urea groups is 1. The molecule has 0 radical (unpaired) electrons. The maximum atomic E-state index is 12.7. The number of nitrogens with one attached hydrogen (secondary N) is 1. The number of carbonyl (C=O) groups is 1. The molecule has 2 aliphatic heterocycles. The third-order valence-corrected chi connectivity index (χ3v) is 6.16. The number of pyridine rings is 1. The number of rotatable bonds is 3. The van der Waals surface area contributed by atoms with Gasteiger partial charge < -0.3 is 20.0 Å². The first-order valence-corrected chi connectivity index (χ1v) is 11.1. The fraction of sp³-hybridized carbons (Fsp3) is 0.455. The molecule has 1 aromatic heterocycles. The zero-order chi connectivity index (χ0) is 22.7. The van der Waals surface area contributed by atoms with Crippen LogP contribution in [0.3, 0.4) is 0 Å². The van der Waals surface area contributed by atoms with Crippen LogP contribution in [0.25, 0.3) is 0 Å². The van der Waals surface area contributed by atoms with Gasteiger partial charge in [0.15, 0.2) is 0 Å². The van der Waals surface area contributed by atoms with Crippen molar-refractivity contribution in [2.24, 2.45) is 0 Å². The molecule has 2 amide bonds. The molecule has 4 rings (SSSR count). The van der Waals surface area contributed by atoms with Gasteiger partial charge in [0.1, 0.15) is 5.82 Å². The van der Waals surface area contributed by atoms with E-state index < -0.39 is 11.7 Å². The fourth-order valence-corrected chi connectivity index (χ4v) is 4.36. The van der Waals surface area contributed by atoms with Crippen LogP contribution < -0.4 is 15.1 Å². The van der Waals surface area contributed by atoms with Gasteiger partial charge >= 0.3 is 12.2 Å². The third kappa shape index (κ3) is 5.20. The number of hydrogen-bond donors (Lipinski definition) is 1. The van der Waals surface area contributed by atoms with E-state index in [4.69, 9.17) is 11.6 Å². The molecule has 1 N–H and O–H groups in total. The lowest BCUT2D eigenvalue weighted by Gasteiger charge is -2.35. The first kappa shape index (κ1) is 22.5. The summed E-state index contributed by atoms with van der Waals surface area (Å²) in [5.74, 6) is 0.471. The molecule has 0 saturated carbocycles. The van der Waals surface area contributed by atoms with Crippen molar-refractivity contribution in [3.05, 3.63) is 47.1 Å². The summed E-state index contributed by atoms with van der Waals surface area (Å²) in [6.45, 7) is 3.83. The Hall–Kier alpha value is -2.68. The molecule has 0 spiro atoms. The number of halogens is 4. The van der Waals surface area contributed by atoms with E-state index in [2.05, 4.69) is 15.2 Å². The van der Waals surface area contributed by atoms with E-state index in [9.17, 15) is 18.0 Å². The van der Waals surface area contributed by atoms with Gasteiger partial charge in [-0.1, -0.05) is 11.6 Å². The van der Waals surface area contributed by atoms with Crippen LogP contribution in [0.5, 0.6) is 0 Å². The Morgan fingerprint density at radius 3 is 2.25 bits per heavy atom. The van der Waals surface area contributed by atoms with Crippen molar-refractivity contribution in [1.29, 1.82) is 0 Å². The van der Waals surface area contributed by atoms with Crippen molar-refractivity contribution < 1.29 is 18.0 Å². The Bertz CT molecular complexity index is 940. The predicted molar refractivity (Wildman–Crippen MR) is 120 cm³/mol. The van der Waals surface area contributed by atoms with Gasteiger partial charge in [-0.05, 0) is 49.6 Å². The second kappa shape index (κ2) is 9.44. The summed E-state index contributed by atoms with van der Waals surface area (Å²) in [4.78, 5) is 22.4. The van der Waals surface area contributed by atoms with E-state index >= 15 is 0 Å². The smallest absolute Gasteiger partial charge is 0.370 e. The zero-order valence-electron chi connectivity index (χ0n) is 17.5. The molecular weight excluding hydrogens is 443 g/mol. The molecule has 2 fully saturated rings. The van der Waals surface area contributed by atoms with Crippen LogP contribution in [0.1, 0.15) is 24.8 Å². The number of piperidine rings is 1. The highest BCUT2D eigenvalue weighted by molar-refractivity contribution is 6.33. The first-order chi connectivity index (χ1) is 15.3. The minimum absolute atomic E-state index is 0.230. The van der Waals surface area contributed by atoms with Crippen LogP contribution in [0.4, 0.5) is 35.2 Å². The van der Waals surface area contributed by atoms with Gasteiger partial charge in [-0.2, -0.15) is 13.2 Å². The summed E-state index contributed by atoms with van der Waals surface area (Å²) in [7, 11) is 0. The average Bonchev–Trinajstić information content (AvgIpc) is 2.79. The number of anilines is 3. The van der Waals surface area contributed by atoms with E-state index in [1.165, 1.54) is 12.5 Å². The molecule has 2 aliphatic rings. The lowest BCUT2D eigenvalue weighted by atomic mass is 10.1. The summed E-state index contributed by atoms with van der Waals surface area (Å²) < 4.78 is 38.1. The van der Waals surface area contributed by atoms with Crippen LogP contribution in [-0.2, 0) is 6.18 Å². The number of nitrogens with zero attached hydrogens (tertiary/aromatic N) is 4. The van der Waals surface area contributed by atoms with Crippen molar-refractivity contribution in [1.82, 2.24) is 9.88 Å². The van der Waals surface area contributed by atoms with Crippen molar-refractivity contribution in [2.45, 2.75) is 25.4 Å². The Morgan fingerprint density at radius 1 is 0.938 bits per heavy atom. The molecule has 0 unspecified atom stereocenters. The topological polar surface area (TPSA) is 51.7 Å². The summed E-state index contributed by atoms with van der Waals surface area (Å²) in [6, 6.07) is 7.73. The lowest BCUT2D eigenvalue weighted by molar-refractivity contribution is -0.137. The standard InChI is InChI=1S/C22H25ClF3N5O/c23-18-14-17(5-6-19(18)29-8-2-1-3-9-29)28-21(32)31-12-10-30(11-13-31)20-7-4-16(15-27-20)22(24,25)26/h4-7,14-15H,1-3,8-13H2,(H,28,32). The van der Waals surface area contributed by atoms with Gasteiger partial charge in [-0.3, -0.25) is 0 Å². The number of amides is 2. The second-order valence-corrected chi connectivity index (χ2v) is 8.43. The first-order valence-electron chi connectivity index (χ1n) is 10.7. The van der Waals surface area contributed by atoms with Gasteiger partial charge in [0, 0.05) is 51.2 Å². The van der Waals surface area contributed by atoms with Crippen LogP contribution >= 0.6 is 11.6 Å². The normalized spacial score (nSPS) is 17.4. The largest absolute Gasteiger partial charge is 0.417 e. The molecule has 0 atom stereocenters. The van der Waals surface area contributed by atoms with Crippen LogP contribution in [0, 0.1) is 0 Å². The number of hydrogen-bond acceptors (Lipinski definition) is 4. The Morgan fingerprint density at radius 2 is 1.66 bits per heavy atom. The van der Waals surface area contributed by atoms with Crippen LogP contribution in [0.2, 0.25) is 5.02 Å². The number of benzene rings is 1. The van der Waals surface area contributed by atoms with E-state index in [0.717, 1.165) is 43.9 Å². The maximum absolute atomic E-state index is 12.7. The molecule has 2 saturated heterocycles. The number of aromatic nitrogens is 1. The van der Waals surface area contributed by atoms with Gasteiger partial charge in [-0.15, -0.1) is 0 Å². The zero-order valence-corrected chi connectivity index (χ0v) is 18.3. The summed E-state index contributed by atoms with van der Waals surface area (Å²) in [6.07, 6.45) is -0.0149. The van der Waals surface area contributed by atoms with Crippen LogP contribution in [0.15, 0.2) is 36.5 Å². The van der Waals surface area contributed by atoms with Crippen molar-refractivity contribution in [3.8, 4) is 0 Å². The van der Waals surface area contributed by atoms with E-state index in [1.54, 1.807) is 11.0 Å². The number of piperazine rings is 1. The lowest BCUT2D eigenvalue weighted by Crippen LogP contribution is -2.50. The fourth-order valence-electron chi connectivity index (χ4n) is 4.06. The molecule has 0 bridgehead atoms. The van der Waals surface area contributed by atoms with Crippen molar-refractivity contribution in [2.75, 3.05) is 54.4 Å². The molecular formula is C22H25ClF3N5O. The minimum atomic E-state index is -4.41. The van der Waals surface area contributed by atoms with E-state index in [-0.39, 0.29) is 6.03 Å². The predicted octanol–water partition coefficient (Wildman–Crippen LogP) is 5.10. The van der Waals surface area contributed by atoms with E-state index in [1.807, 2.05) is 17.0 Å². The second-order valence-electron chi connectivity index (χ2n) is 8.02. The Labute approximate surface area is 190 Å². The molecule has 10 heteroatoms. The summed E-state index contributed by atoms with van der Waals surface area (Å²) in [5, 5.41) is 3.50. The van der Waals surface area contributed by atoms with Crippen LogP contribution in [-0.4, -0.2) is 55.2 Å². The highest BCUT2D eigenvalue weighted by atomic mass is 35.5. The van der Waals surface area contributed by atoms with Gasteiger partial charge in [0.2, 0.25) is 0 Å². The average molecular weight is 468 g/mol. The van der Waals surface area contributed by atoms with Gasteiger partial charge in [-0.25, -0.2) is 9.78 Å². The molecule has 6 nitrogen and oxygen atoms in total. The molecule has 3 heterocycles. The molecule has 172 valence electrons. The van der Waals surface area contributed by atoms with E-state index in [0.29, 0.717) is 42.7 Å². The quantitative estimate of drug-likeness (QED) is 0.682. The van der Waals surface area contributed by atoms with Gasteiger partial charge in [0.25, 0.3) is 0 Å². The summed E-state index contributed by atoms with van der Waals surface area (Å²) in [5.41, 5.74) is 0.846. The molecule has 32 heavy (non-hydrogen) atoms. The summed E-state index contributed by atoms with van der Waals surface area (Å²) >= 11 is 6.47. The molecule has 0 aliphatic carbocycles. The highest BCUT2D eigenvalue weighted by Gasteiger charge is 2.31. The third-order valence-electron chi connectivity index (χ3n) is 5.86. The van der Waals surface area contributed by atoms with Crippen molar-refractivity contribution in [3.63, 3.8) is 0 Å². The van der Waals surface area contributed by atoms with Gasteiger partial charge in [0.05, 0.1) is 16.3 Å². The maximum Gasteiger partial charge on any atom is 0.417 e. The molecule has 1 aromatic carbocycles. The Kier molecular flexibility index (Phi) is 6.64. The Balaban J connectivity index is 1.31.